The summed E-state index contributed by atoms with van der Waals surface area (Å²) in [7, 11) is 2.96. The molecule has 10 rings (SSSR count). The number of carbonyl (C=O) groups excluding carboxylic acids is 7. The Morgan fingerprint density at radius 1 is 0.507 bits per heavy atom. The summed E-state index contributed by atoms with van der Waals surface area (Å²) >= 11 is -1.34. The van der Waals surface area contributed by atoms with Gasteiger partial charge in [-0.1, -0.05) is 125 Å². The van der Waals surface area contributed by atoms with Gasteiger partial charge in [-0.25, -0.2) is 0 Å². The number of Topliss-reactive ketones (excluding diaryl/α,β-unsaturated/α-hetero) is 2. The molecule has 10 aliphatic carbocycles. The largest absolute Gasteiger partial charge is 0.469 e. The number of hydrogen-bond acceptors (Lipinski definition) is 9. The molecule has 0 spiro atoms. The van der Waals surface area contributed by atoms with Crippen LogP contribution in [0.1, 0.15) is 187 Å². The van der Waals surface area contributed by atoms with Crippen LogP contribution in [0.2, 0.25) is 0 Å². The molecule has 10 heteroatoms. The molecule has 9 nitrogen and oxygen atoms in total. The molecule has 73 heavy (non-hydrogen) atoms. The Morgan fingerprint density at radius 2 is 0.890 bits per heavy atom. The van der Waals surface area contributed by atoms with Gasteiger partial charge in [0.15, 0.2) is 17.3 Å². The van der Waals surface area contributed by atoms with Crippen LogP contribution in [0.3, 0.4) is 0 Å². The highest BCUT2D eigenvalue weighted by molar-refractivity contribution is 6.87. The summed E-state index contributed by atoms with van der Waals surface area (Å²) in [5.41, 5.74) is -4.36. The number of hydrogen-bond donors (Lipinski definition) is 0. The Hall–Kier alpha value is -3.22. The van der Waals surface area contributed by atoms with E-state index in [1.807, 2.05) is 45.9 Å². The van der Waals surface area contributed by atoms with Gasteiger partial charge < -0.3 is 14.3 Å². The molecule has 14 unspecified atom stereocenters. The molecule has 0 N–H and O–H groups in total. The molecule has 10 aliphatic rings. The molecule has 6 saturated carbocycles. The van der Waals surface area contributed by atoms with Gasteiger partial charge in [-0.2, -0.15) is 0 Å². The van der Waals surface area contributed by atoms with Crippen LogP contribution in [0.5, 0.6) is 0 Å². The molecule has 0 aromatic carbocycles. The fourth-order valence-corrected chi connectivity index (χ4v) is 22.4. The van der Waals surface area contributed by atoms with E-state index < -0.39 is 69.4 Å². The lowest BCUT2D eigenvalue weighted by Crippen LogP contribution is -2.66. The molecule has 14 atom stereocenters. The van der Waals surface area contributed by atoms with Crippen LogP contribution in [0.15, 0.2) is 45.5 Å². The van der Waals surface area contributed by atoms with Gasteiger partial charge in [0.25, 0.3) is 0 Å². The van der Waals surface area contributed by atoms with E-state index in [0.29, 0.717) is 43.0 Å². The first kappa shape index (κ1) is 53.2. The Bertz CT molecular complexity index is 2690. The van der Waals surface area contributed by atoms with Gasteiger partial charge in [0.2, 0.25) is 0 Å². The van der Waals surface area contributed by atoms with Crippen LogP contribution >= 0.6 is 0 Å². The number of rotatable bonds is 5. The molecule has 0 saturated heterocycles. The van der Waals surface area contributed by atoms with Gasteiger partial charge in [-0.05, 0) is 158 Å². The SMILES string of the molecule is COC(=O)C12CCC(C)(C)CC1C1C(=O)C=C3C4(C)C=[C]([Al][C](=O)C5=CC6(C)C7=CC(=O)C8C9CC(C)(C)CCC9(C(=O)OC)CCC8(C)C7(C)CCC6C(C)(C)C5=O)C(=O)C(C)(C)C4CCC3(C)C1(C)CC2. The van der Waals surface area contributed by atoms with E-state index >= 15 is 24.0 Å². The molecule has 0 aliphatic heterocycles. The highest BCUT2D eigenvalue weighted by atomic mass is 27.1. The highest BCUT2D eigenvalue weighted by Crippen LogP contribution is 2.77. The van der Waals surface area contributed by atoms with E-state index in [2.05, 4.69) is 75.3 Å². The normalized spacial score (nSPS) is 46.5. The Morgan fingerprint density at radius 3 is 1.30 bits per heavy atom. The maximum atomic E-state index is 15.4. The van der Waals surface area contributed by atoms with Crippen LogP contribution in [-0.2, 0) is 43.0 Å². The van der Waals surface area contributed by atoms with Crippen molar-refractivity contribution < 1.29 is 43.0 Å². The molecule has 6 fully saturated rings. The highest BCUT2D eigenvalue weighted by Gasteiger charge is 2.73. The standard InChI is InChI=1S/C32H43O5.C31H43O4.Al/c1-27(2)11-13-32(26(36)37-8)14-12-31(7)24(20(32)17-27)21(34)15-23-29(5)16-19(18-33)25(35)28(3,4)22(29)9-10-30(23,31)6;1-26(2)13-15-31(25(34)35-8)16-14-30(7)24(19(31)18-26)20(32)17-22-28(5)11-10-23(33)27(3,4)21(28)9-12-29(22,30)6;/h15-16,20,22,24H,9-14,17H2,1-8H3;11,17,19,21,24H,9,12-16,18H2,1-8H3;. The molecule has 395 valence electrons. The minimum Gasteiger partial charge on any atom is -0.469 e. The quantitative estimate of drug-likeness (QED) is 0.150. The number of allylic oxidation sites excluding steroid dienone is 8. The third-order valence-electron chi connectivity index (χ3n) is 25.2. The zero-order valence-electron chi connectivity index (χ0n) is 47.4. The van der Waals surface area contributed by atoms with E-state index in [0.717, 1.165) is 62.5 Å². The van der Waals surface area contributed by atoms with Gasteiger partial charge in [0.05, 0.1) is 29.7 Å². The van der Waals surface area contributed by atoms with Crippen molar-refractivity contribution in [2.75, 3.05) is 14.2 Å². The van der Waals surface area contributed by atoms with Crippen LogP contribution in [0, 0.1) is 100 Å². The minimum atomic E-state index is -1.34. The molecular formula is C63H86AlO9. The second-order valence-electron chi connectivity index (χ2n) is 30.1. The maximum Gasteiger partial charge on any atom is 0.373 e. The number of esters is 2. The fourth-order valence-electron chi connectivity index (χ4n) is 20.8. The van der Waals surface area contributed by atoms with Gasteiger partial charge >= 0.3 is 27.2 Å². The molecule has 0 aromatic heterocycles. The number of carbonyl (C=O) groups is 7. The lowest BCUT2D eigenvalue weighted by molar-refractivity contribution is -0.192. The number of ether oxygens (including phenoxy) is 2. The van der Waals surface area contributed by atoms with Crippen molar-refractivity contribution >= 4 is 54.9 Å². The van der Waals surface area contributed by atoms with E-state index in [4.69, 9.17) is 9.47 Å². The third-order valence-corrected chi connectivity index (χ3v) is 26.6. The number of ketones is 4. The first-order valence-corrected chi connectivity index (χ1v) is 29.4. The Kier molecular flexibility index (Phi) is 11.6. The summed E-state index contributed by atoms with van der Waals surface area (Å²) in [4.78, 5) is 104. The van der Waals surface area contributed by atoms with Crippen LogP contribution in [-0.4, -0.2) is 69.2 Å². The van der Waals surface area contributed by atoms with E-state index in [9.17, 15) is 9.59 Å². The number of methoxy groups -OCH3 is 2. The monoisotopic (exact) mass is 1010 g/mol. The van der Waals surface area contributed by atoms with Gasteiger partial charge in [0, 0.05) is 39.1 Å². The van der Waals surface area contributed by atoms with Crippen molar-refractivity contribution in [1.82, 2.24) is 0 Å². The van der Waals surface area contributed by atoms with Crippen LogP contribution in [0.4, 0.5) is 0 Å². The van der Waals surface area contributed by atoms with Crippen molar-refractivity contribution in [2.45, 2.75) is 187 Å². The summed E-state index contributed by atoms with van der Waals surface area (Å²) in [6, 6.07) is 0. The maximum absolute atomic E-state index is 15.4. The number of fused-ring (bicyclic) bond motifs is 14. The predicted octanol–water partition coefficient (Wildman–Crippen LogP) is 11.9. The van der Waals surface area contributed by atoms with Crippen molar-refractivity contribution in [3.63, 3.8) is 0 Å². The first-order chi connectivity index (χ1) is 33.6. The molecule has 0 amide bonds. The third kappa shape index (κ3) is 6.65. The second-order valence-corrected chi connectivity index (χ2v) is 31.6. The van der Waals surface area contributed by atoms with Gasteiger partial charge in [-0.15, -0.1) is 0 Å². The molecule has 0 bridgehead atoms. The summed E-state index contributed by atoms with van der Waals surface area (Å²) < 4.78 is 11.3. The minimum absolute atomic E-state index is 0.0240. The summed E-state index contributed by atoms with van der Waals surface area (Å²) in [5, 5.41) is 0. The predicted molar refractivity (Wildman–Crippen MR) is 281 cm³/mol. The summed E-state index contributed by atoms with van der Waals surface area (Å²) in [6.07, 6.45) is 18.5. The molecule has 0 heterocycles. The zero-order valence-corrected chi connectivity index (χ0v) is 48.6. The van der Waals surface area contributed by atoms with E-state index in [1.165, 1.54) is 14.2 Å². The lowest BCUT2D eigenvalue weighted by Gasteiger charge is -2.69. The summed E-state index contributed by atoms with van der Waals surface area (Å²) in [5.74, 6) is -1.81. The van der Waals surface area contributed by atoms with E-state index in [1.54, 1.807) is 0 Å². The Labute approximate surface area is 442 Å². The van der Waals surface area contributed by atoms with Crippen molar-refractivity contribution in [2.24, 2.45) is 100 Å². The molecular weight excluding hydrogens is 928 g/mol. The average molecular weight is 1010 g/mol. The zero-order chi connectivity index (χ0) is 53.7. The summed E-state index contributed by atoms with van der Waals surface area (Å²) in [6.45, 7) is 30.6. The first-order valence-electron chi connectivity index (χ1n) is 28.2. The topological polar surface area (TPSA) is 138 Å². The van der Waals surface area contributed by atoms with Crippen LogP contribution in [0.25, 0.3) is 0 Å². The van der Waals surface area contributed by atoms with Crippen LogP contribution < -0.4 is 0 Å². The fraction of sp³-hybridized carbons (Fsp3) is 0.762. The second kappa shape index (κ2) is 15.9. The van der Waals surface area contributed by atoms with Crippen molar-refractivity contribution in [3.8, 4) is 0 Å². The average Bonchev–Trinajstić information content (AvgIpc) is 3.30. The van der Waals surface area contributed by atoms with Gasteiger partial charge in [-0.3, -0.25) is 28.8 Å². The Balaban J connectivity index is 1.03. The van der Waals surface area contributed by atoms with E-state index in [-0.39, 0.29) is 91.6 Å². The molecule has 1 radical (unpaired) electrons. The lowest BCUT2D eigenvalue weighted by atomic mass is 9.34. The van der Waals surface area contributed by atoms with Crippen molar-refractivity contribution in [1.29, 1.82) is 0 Å². The van der Waals surface area contributed by atoms with Gasteiger partial charge in [0.1, 0.15) is 5.78 Å². The smallest absolute Gasteiger partial charge is 0.373 e. The van der Waals surface area contributed by atoms with Crippen molar-refractivity contribution in [3.05, 3.63) is 45.5 Å². The molecule has 0 aromatic rings.